The molecule has 0 bridgehead atoms. The van der Waals surface area contributed by atoms with E-state index in [1.165, 1.54) is 51.4 Å². The maximum absolute atomic E-state index is 5.52. The van der Waals surface area contributed by atoms with Crippen molar-refractivity contribution in [1.29, 1.82) is 0 Å². The zero-order chi connectivity index (χ0) is 12.5. The molecule has 1 saturated carbocycles. The van der Waals surface area contributed by atoms with Crippen LogP contribution in [-0.2, 0) is 4.43 Å². The van der Waals surface area contributed by atoms with Crippen LogP contribution in [0.5, 0.6) is 0 Å². The van der Waals surface area contributed by atoms with E-state index in [4.69, 9.17) is 4.43 Å². The molecule has 1 rings (SSSR count). The van der Waals surface area contributed by atoms with Gasteiger partial charge in [-0.25, -0.2) is 0 Å². The summed E-state index contributed by atoms with van der Waals surface area (Å²) < 4.78 is 5.52. The Bertz CT molecular complexity index is 245. The fraction of sp³-hybridized carbons (Fsp3) is 0.867. The van der Waals surface area contributed by atoms with Crippen LogP contribution in [0.2, 0.25) is 13.1 Å². The topological polar surface area (TPSA) is 9.23 Å². The van der Waals surface area contributed by atoms with Crippen LogP contribution >= 0.6 is 0 Å². The minimum absolute atomic E-state index is 0.600. The summed E-state index contributed by atoms with van der Waals surface area (Å²) in [5.74, 6) is 4.87. The number of hydrogen-bond donors (Lipinski definition) is 0. The van der Waals surface area contributed by atoms with Crippen LogP contribution < -0.4 is 0 Å². The molecule has 0 radical (unpaired) electrons. The van der Waals surface area contributed by atoms with Crippen LogP contribution in [-0.4, -0.2) is 9.04 Å². The van der Waals surface area contributed by atoms with E-state index >= 15 is 0 Å². The Morgan fingerprint density at radius 2 is 1.94 bits per heavy atom. The standard InChI is InChI=1S/C15H28OSi/c1-4-5-9-15(12-13-16-17(2)3)14-10-7-6-8-11-14/h14-15,17H,4-11H2,1-3H3. The summed E-state index contributed by atoms with van der Waals surface area (Å²) in [4.78, 5) is 0. The Kier molecular flexibility index (Phi) is 7.44. The Hall–Kier alpha value is -0.423. The van der Waals surface area contributed by atoms with Crippen molar-refractivity contribution in [2.75, 3.05) is 0 Å². The zero-order valence-corrected chi connectivity index (χ0v) is 13.0. The van der Waals surface area contributed by atoms with Gasteiger partial charge in [0, 0.05) is 5.92 Å². The van der Waals surface area contributed by atoms with Gasteiger partial charge in [-0.15, -0.1) is 0 Å². The molecule has 0 aromatic rings. The molecular weight excluding hydrogens is 224 g/mol. The Morgan fingerprint density at radius 3 is 2.53 bits per heavy atom. The summed E-state index contributed by atoms with van der Waals surface area (Å²) in [5, 5.41) is 0. The molecule has 1 fully saturated rings. The van der Waals surface area contributed by atoms with Crippen molar-refractivity contribution in [3.8, 4) is 12.0 Å². The summed E-state index contributed by atoms with van der Waals surface area (Å²) in [6.07, 6.45) is 13.9. The first-order valence-electron chi connectivity index (χ1n) is 7.40. The molecule has 17 heavy (non-hydrogen) atoms. The molecule has 0 aromatic carbocycles. The van der Waals surface area contributed by atoms with Crippen molar-refractivity contribution in [2.45, 2.75) is 71.4 Å². The smallest absolute Gasteiger partial charge is 0.244 e. The van der Waals surface area contributed by atoms with Gasteiger partial charge in [-0.05, 0) is 38.3 Å². The second-order valence-corrected chi connectivity index (χ2v) is 7.89. The van der Waals surface area contributed by atoms with Crippen molar-refractivity contribution in [1.82, 2.24) is 0 Å². The Labute approximate surface area is 109 Å². The van der Waals surface area contributed by atoms with Crippen LogP contribution in [0.1, 0.15) is 58.3 Å². The van der Waals surface area contributed by atoms with E-state index in [1.54, 1.807) is 0 Å². The molecule has 2 heteroatoms. The van der Waals surface area contributed by atoms with Crippen LogP contribution in [0.3, 0.4) is 0 Å². The van der Waals surface area contributed by atoms with Crippen LogP contribution in [0.25, 0.3) is 0 Å². The molecule has 0 aliphatic heterocycles. The summed E-state index contributed by atoms with van der Waals surface area (Å²) in [5.41, 5.74) is 0. The molecule has 1 atom stereocenters. The van der Waals surface area contributed by atoms with Gasteiger partial charge in [0.05, 0.1) is 6.11 Å². The van der Waals surface area contributed by atoms with E-state index in [0.29, 0.717) is 5.92 Å². The average Bonchev–Trinajstić information content (AvgIpc) is 2.34. The molecule has 1 aliphatic rings. The Morgan fingerprint density at radius 1 is 1.24 bits per heavy atom. The largest absolute Gasteiger partial charge is 0.505 e. The third-order valence-electron chi connectivity index (χ3n) is 3.63. The number of hydrogen-bond acceptors (Lipinski definition) is 1. The first-order valence-corrected chi connectivity index (χ1v) is 10.2. The van der Waals surface area contributed by atoms with Crippen molar-refractivity contribution in [3.63, 3.8) is 0 Å². The van der Waals surface area contributed by atoms with Gasteiger partial charge in [0.15, 0.2) is 0 Å². The lowest BCUT2D eigenvalue weighted by molar-refractivity contribution is 0.278. The van der Waals surface area contributed by atoms with Gasteiger partial charge in [0.1, 0.15) is 0 Å². The molecule has 1 unspecified atom stereocenters. The highest BCUT2D eigenvalue weighted by Gasteiger charge is 2.21. The highest BCUT2D eigenvalue weighted by molar-refractivity contribution is 6.48. The molecule has 1 nitrogen and oxygen atoms in total. The SMILES string of the molecule is CCCCC(C#CO[SiH](C)C)C1CCCCC1. The fourth-order valence-corrected chi connectivity index (χ4v) is 2.92. The average molecular weight is 252 g/mol. The van der Waals surface area contributed by atoms with Gasteiger partial charge < -0.3 is 4.43 Å². The summed E-state index contributed by atoms with van der Waals surface area (Å²) >= 11 is 0. The van der Waals surface area contributed by atoms with Crippen molar-refractivity contribution in [2.24, 2.45) is 11.8 Å². The van der Waals surface area contributed by atoms with Crippen molar-refractivity contribution < 1.29 is 4.43 Å². The minimum Gasteiger partial charge on any atom is -0.505 e. The van der Waals surface area contributed by atoms with Crippen molar-refractivity contribution in [3.05, 3.63) is 0 Å². The third kappa shape index (κ3) is 6.17. The quantitative estimate of drug-likeness (QED) is 0.522. The maximum Gasteiger partial charge on any atom is 0.244 e. The second kappa shape index (κ2) is 8.64. The molecule has 0 saturated heterocycles. The maximum atomic E-state index is 5.52. The lowest BCUT2D eigenvalue weighted by atomic mass is 9.78. The van der Waals surface area contributed by atoms with Crippen molar-refractivity contribution >= 4 is 9.04 Å². The van der Waals surface area contributed by atoms with Gasteiger partial charge in [0.25, 0.3) is 0 Å². The monoisotopic (exact) mass is 252 g/mol. The summed E-state index contributed by atoms with van der Waals surface area (Å²) in [6.45, 7) is 6.62. The van der Waals surface area contributed by atoms with E-state index in [-0.39, 0.29) is 0 Å². The van der Waals surface area contributed by atoms with Crippen LogP contribution in [0.4, 0.5) is 0 Å². The van der Waals surface area contributed by atoms with Gasteiger partial charge >= 0.3 is 0 Å². The predicted octanol–water partition coefficient (Wildman–Crippen LogP) is 4.33. The second-order valence-electron chi connectivity index (χ2n) is 5.56. The highest BCUT2D eigenvalue weighted by Crippen LogP contribution is 2.32. The minimum atomic E-state index is -0.973. The van der Waals surface area contributed by atoms with Gasteiger partial charge in [0.2, 0.25) is 9.04 Å². The van der Waals surface area contributed by atoms with Crippen LogP contribution in [0.15, 0.2) is 0 Å². The van der Waals surface area contributed by atoms with E-state index in [0.717, 1.165) is 5.92 Å². The fourth-order valence-electron chi connectivity index (χ4n) is 2.61. The van der Waals surface area contributed by atoms with E-state index in [9.17, 15) is 0 Å². The molecular formula is C15H28OSi. The van der Waals surface area contributed by atoms with E-state index in [2.05, 4.69) is 32.0 Å². The Balaban J connectivity index is 2.47. The molecule has 0 N–H and O–H groups in total. The van der Waals surface area contributed by atoms with Gasteiger partial charge in [-0.2, -0.15) is 0 Å². The summed E-state index contributed by atoms with van der Waals surface area (Å²) in [6, 6.07) is 0. The normalized spacial score (nSPS) is 18.6. The van der Waals surface area contributed by atoms with Crippen LogP contribution in [0, 0.1) is 23.9 Å². The lowest BCUT2D eigenvalue weighted by Crippen LogP contribution is -2.17. The first kappa shape index (κ1) is 14.6. The first-order chi connectivity index (χ1) is 8.24. The number of rotatable bonds is 5. The van der Waals surface area contributed by atoms with E-state index < -0.39 is 9.04 Å². The third-order valence-corrected chi connectivity index (χ3v) is 4.22. The molecule has 0 amide bonds. The molecule has 98 valence electrons. The zero-order valence-electron chi connectivity index (χ0n) is 11.8. The molecule has 1 aliphatic carbocycles. The number of unbranched alkanes of at least 4 members (excludes halogenated alkanes) is 1. The predicted molar refractivity (Wildman–Crippen MR) is 77.3 cm³/mol. The molecule has 0 spiro atoms. The highest BCUT2D eigenvalue weighted by atomic mass is 28.3. The lowest BCUT2D eigenvalue weighted by Gasteiger charge is -2.26. The molecule has 0 aromatic heterocycles. The van der Waals surface area contributed by atoms with E-state index in [1.807, 2.05) is 0 Å². The molecule has 0 heterocycles. The van der Waals surface area contributed by atoms with Gasteiger partial charge in [-0.1, -0.05) is 44.9 Å². The van der Waals surface area contributed by atoms with Gasteiger partial charge in [-0.3, -0.25) is 0 Å². The summed E-state index contributed by atoms with van der Waals surface area (Å²) in [7, 11) is -0.973.